The summed E-state index contributed by atoms with van der Waals surface area (Å²) in [5.41, 5.74) is 6.39. The predicted octanol–water partition coefficient (Wildman–Crippen LogP) is 1.95. The summed E-state index contributed by atoms with van der Waals surface area (Å²) in [5, 5.41) is 2.77. The number of benzene rings is 1. The Balaban J connectivity index is 0.00000400. The highest BCUT2D eigenvalue weighted by molar-refractivity contribution is 5.85. The minimum Gasteiger partial charge on any atom is -0.463 e. The van der Waals surface area contributed by atoms with Gasteiger partial charge in [-0.25, -0.2) is 0 Å². The van der Waals surface area contributed by atoms with Crippen LogP contribution in [-0.4, -0.2) is 24.0 Å². The fourth-order valence-electron chi connectivity index (χ4n) is 1.72. The molecule has 0 aliphatic heterocycles. The lowest BCUT2D eigenvalue weighted by molar-refractivity contribution is -0.148. The first-order chi connectivity index (χ1) is 9.40. The standard InChI is InChI=1S/C15H22N2O3.ClH/c1-10(2)20-14(18)9-13(17-15(19)11(3)16)12-7-5-4-6-8-12;/h4-8,10-11,13H,9,16H2,1-3H3,(H,17,19);1H. The van der Waals surface area contributed by atoms with Crippen LogP contribution in [0.5, 0.6) is 0 Å². The molecule has 0 saturated carbocycles. The lowest BCUT2D eigenvalue weighted by Gasteiger charge is -2.20. The number of amides is 1. The van der Waals surface area contributed by atoms with Crippen LogP contribution in [0.2, 0.25) is 0 Å². The van der Waals surface area contributed by atoms with Crippen LogP contribution in [0.1, 0.15) is 38.8 Å². The van der Waals surface area contributed by atoms with Gasteiger partial charge in [0, 0.05) is 0 Å². The molecule has 0 heterocycles. The Morgan fingerprint density at radius 3 is 2.24 bits per heavy atom. The Bertz CT molecular complexity index is 449. The molecule has 0 aromatic heterocycles. The third-order valence-corrected chi connectivity index (χ3v) is 2.67. The van der Waals surface area contributed by atoms with E-state index in [9.17, 15) is 9.59 Å². The zero-order chi connectivity index (χ0) is 15.1. The molecule has 2 unspecified atom stereocenters. The van der Waals surface area contributed by atoms with Gasteiger partial charge >= 0.3 is 5.97 Å². The van der Waals surface area contributed by atoms with Crippen molar-refractivity contribution < 1.29 is 14.3 Å². The Labute approximate surface area is 131 Å². The number of nitrogens with two attached hydrogens (primary N) is 1. The van der Waals surface area contributed by atoms with E-state index in [4.69, 9.17) is 10.5 Å². The predicted molar refractivity (Wildman–Crippen MR) is 84.1 cm³/mol. The number of ether oxygens (including phenoxy) is 1. The average Bonchev–Trinajstić information content (AvgIpc) is 2.37. The first-order valence-electron chi connectivity index (χ1n) is 6.70. The van der Waals surface area contributed by atoms with E-state index in [0.29, 0.717) is 0 Å². The van der Waals surface area contributed by atoms with Crippen LogP contribution < -0.4 is 11.1 Å². The van der Waals surface area contributed by atoms with Gasteiger partial charge in [-0.15, -0.1) is 12.4 Å². The van der Waals surface area contributed by atoms with Gasteiger partial charge in [-0.05, 0) is 26.3 Å². The van der Waals surface area contributed by atoms with Crippen LogP contribution in [0.3, 0.4) is 0 Å². The molecular formula is C15H23ClN2O3. The second kappa shape index (κ2) is 9.37. The maximum atomic E-state index is 11.8. The molecule has 21 heavy (non-hydrogen) atoms. The molecule has 1 rings (SSSR count). The van der Waals surface area contributed by atoms with E-state index in [1.54, 1.807) is 20.8 Å². The van der Waals surface area contributed by atoms with Gasteiger partial charge in [0.05, 0.1) is 24.6 Å². The van der Waals surface area contributed by atoms with E-state index in [1.165, 1.54) is 0 Å². The number of carbonyl (C=O) groups excluding carboxylic acids is 2. The maximum absolute atomic E-state index is 11.8. The van der Waals surface area contributed by atoms with Gasteiger partial charge in [-0.3, -0.25) is 9.59 Å². The minimum atomic E-state index is -0.623. The van der Waals surface area contributed by atoms with Gasteiger partial charge in [0.15, 0.2) is 0 Å². The highest BCUT2D eigenvalue weighted by atomic mass is 35.5. The molecule has 2 atom stereocenters. The topological polar surface area (TPSA) is 81.4 Å². The summed E-state index contributed by atoms with van der Waals surface area (Å²) in [4.78, 5) is 23.5. The molecule has 1 aromatic carbocycles. The molecular weight excluding hydrogens is 292 g/mol. The molecule has 0 bridgehead atoms. The van der Waals surface area contributed by atoms with Gasteiger partial charge in [-0.1, -0.05) is 30.3 Å². The van der Waals surface area contributed by atoms with E-state index >= 15 is 0 Å². The van der Waals surface area contributed by atoms with Gasteiger partial charge in [0.2, 0.25) is 5.91 Å². The maximum Gasteiger partial charge on any atom is 0.308 e. The second-order valence-corrected chi connectivity index (χ2v) is 5.00. The number of halogens is 1. The van der Waals surface area contributed by atoms with E-state index in [1.807, 2.05) is 30.3 Å². The lowest BCUT2D eigenvalue weighted by Crippen LogP contribution is -2.41. The molecule has 0 radical (unpaired) electrons. The lowest BCUT2D eigenvalue weighted by atomic mass is 10.0. The highest BCUT2D eigenvalue weighted by Gasteiger charge is 2.21. The number of carbonyl (C=O) groups is 2. The molecule has 3 N–H and O–H groups in total. The summed E-state index contributed by atoms with van der Waals surface area (Å²) >= 11 is 0. The molecule has 0 aliphatic carbocycles. The first-order valence-corrected chi connectivity index (χ1v) is 6.70. The van der Waals surface area contributed by atoms with Crippen LogP contribution in [-0.2, 0) is 14.3 Å². The molecule has 1 amide bonds. The van der Waals surface area contributed by atoms with Gasteiger partial charge < -0.3 is 15.8 Å². The van der Waals surface area contributed by atoms with Crippen molar-refractivity contribution in [2.75, 3.05) is 0 Å². The van der Waals surface area contributed by atoms with Crippen molar-refractivity contribution in [3.8, 4) is 0 Å². The SMILES string of the molecule is CC(C)OC(=O)CC(NC(=O)C(C)N)c1ccccc1.Cl. The summed E-state index contributed by atoms with van der Waals surface area (Å²) < 4.78 is 5.12. The number of esters is 1. The minimum absolute atomic E-state index is 0. The van der Waals surface area contributed by atoms with Gasteiger partial charge in [0.1, 0.15) is 0 Å². The number of rotatable bonds is 6. The largest absolute Gasteiger partial charge is 0.463 e. The summed E-state index contributed by atoms with van der Waals surface area (Å²) in [6, 6.07) is 8.25. The van der Waals surface area contributed by atoms with Crippen LogP contribution in [0.25, 0.3) is 0 Å². The molecule has 0 fully saturated rings. The molecule has 5 nitrogen and oxygen atoms in total. The third kappa shape index (κ3) is 7.11. The van der Waals surface area contributed by atoms with E-state index < -0.39 is 12.1 Å². The second-order valence-electron chi connectivity index (χ2n) is 5.00. The summed E-state index contributed by atoms with van der Waals surface area (Å²) in [7, 11) is 0. The summed E-state index contributed by atoms with van der Waals surface area (Å²) in [6.07, 6.45) is -0.0937. The Kier molecular flexibility index (Phi) is 8.66. The van der Waals surface area contributed by atoms with Gasteiger partial charge in [-0.2, -0.15) is 0 Å². The van der Waals surface area contributed by atoms with Crippen molar-refractivity contribution in [2.24, 2.45) is 5.73 Å². The average molecular weight is 315 g/mol. The van der Waals surface area contributed by atoms with Crippen molar-refractivity contribution in [2.45, 2.75) is 45.4 Å². The molecule has 0 aliphatic rings. The molecule has 1 aromatic rings. The van der Waals surface area contributed by atoms with Crippen molar-refractivity contribution in [1.29, 1.82) is 0 Å². The number of hydrogen-bond donors (Lipinski definition) is 2. The highest BCUT2D eigenvalue weighted by Crippen LogP contribution is 2.17. The van der Waals surface area contributed by atoms with Crippen LogP contribution in [0.15, 0.2) is 30.3 Å². The Morgan fingerprint density at radius 1 is 1.19 bits per heavy atom. The zero-order valence-electron chi connectivity index (χ0n) is 12.5. The van der Waals surface area contributed by atoms with Crippen molar-refractivity contribution in [3.63, 3.8) is 0 Å². The van der Waals surface area contributed by atoms with E-state index in [2.05, 4.69) is 5.32 Å². The number of hydrogen-bond acceptors (Lipinski definition) is 4. The molecule has 0 saturated heterocycles. The van der Waals surface area contributed by atoms with Crippen molar-refractivity contribution in [3.05, 3.63) is 35.9 Å². The van der Waals surface area contributed by atoms with E-state index in [0.717, 1.165) is 5.56 Å². The smallest absolute Gasteiger partial charge is 0.308 e. The zero-order valence-corrected chi connectivity index (χ0v) is 13.4. The Hall–Kier alpha value is -1.59. The molecule has 6 heteroatoms. The summed E-state index contributed by atoms with van der Waals surface area (Å²) in [5.74, 6) is -0.643. The van der Waals surface area contributed by atoms with Crippen molar-refractivity contribution in [1.82, 2.24) is 5.32 Å². The first kappa shape index (κ1) is 19.4. The van der Waals surface area contributed by atoms with Gasteiger partial charge in [0.25, 0.3) is 0 Å². The van der Waals surface area contributed by atoms with Crippen LogP contribution in [0.4, 0.5) is 0 Å². The monoisotopic (exact) mass is 314 g/mol. The summed E-state index contributed by atoms with van der Waals surface area (Å²) in [6.45, 7) is 5.18. The quantitative estimate of drug-likeness (QED) is 0.786. The van der Waals surface area contributed by atoms with E-state index in [-0.39, 0.29) is 36.8 Å². The normalized spacial score (nSPS) is 13.0. The van der Waals surface area contributed by atoms with Crippen molar-refractivity contribution >= 4 is 24.3 Å². The fourth-order valence-corrected chi connectivity index (χ4v) is 1.72. The number of nitrogens with one attached hydrogen (secondary N) is 1. The van der Waals surface area contributed by atoms with Crippen LogP contribution in [0, 0.1) is 0 Å². The molecule has 0 spiro atoms. The fraction of sp³-hybridized carbons (Fsp3) is 0.467. The third-order valence-electron chi connectivity index (χ3n) is 2.67. The van der Waals surface area contributed by atoms with Crippen LogP contribution >= 0.6 is 12.4 Å². The molecule has 118 valence electrons. The Morgan fingerprint density at radius 2 is 1.76 bits per heavy atom.